The number of anilines is 2. The number of carboxylic acid groups (broad SMARTS) is 1. The van der Waals surface area contributed by atoms with Crippen molar-refractivity contribution in [2.45, 2.75) is 46.1 Å². The Kier molecular flexibility index (Phi) is 8.52. The zero-order chi connectivity index (χ0) is 26.2. The molecule has 0 atom stereocenters. The molecule has 4 rings (SSSR count). The number of amides is 1. The van der Waals surface area contributed by atoms with E-state index in [0.29, 0.717) is 19.3 Å². The molecule has 0 spiro atoms. The predicted molar refractivity (Wildman–Crippen MR) is 150 cm³/mol. The molecule has 0 aliphatic carbocycles. The van der Waals surface area contributed by atoms with Crippen molar-refractivity contribution in [2.75, 3.05) is 16.8 Å². The van der Waals surface area contributed by atoms with Gasteiger partial charge in [0, 0.05) is 60.1 Å². The molecule has 1 aliphatic rings. The Balaban J connectivity index is 1.49. The van der Waals surface area contributed by atoms with E-state index in [1.165, 1.54) is 11.3 Å². The first-order chi connectivity index (χ1) is 18.0. The number of unbranched alkanes of at least 4 members (excludes halogenated alkanes) is 1. The third kappa shape index (κ3) is 6.33. The molecule has 1 aromatic heterocycles. The second-order valence-corrected chi connectivity index (χ2v) is 9.01. The molecule has 0 unspecified atom stereocenters. The van der Waals surface area contributed by atoms with Gasteiger partial charge in [0.25, 0.3) is 0 Å². The van der Waals surface area contributed by atoms with Gasteiger partial charge in [0.15, 0.2) is 0 Å². The number of aliphatic carboxylic acids is 1. The maximum atomic E-state index is 12.2. The van der Waals surface area contributed by atoms with Gasteiger partial charge in [0.2, 0.25) is 17.1 Å². The summed E-state index contributed by atoms with van der Waals surface area (Å²) in [6, 6.07) is 18.5. The van der Waals surface area contributed by atoms with Gasteiger partial charge >= 0.3 is 5.97 Å². The SMILES string of the molecule is CCN1/C(=C/C=C/c2ccc3cc(NC(=O)CCCCC(=O)O)ccc3[n+]2CC)C=Cc2ccccc21. The normalized spacial score (nSPS) is 13.9. The van der Waals surface area contributed by atoms with E-state index < -0.39 is 5.97 Å². The zero-order valence-electron chi connectivity index (χ0n) is 21.5. The van der Waals surface area contributed by atoms with Crippen molar-refractivity contribution >= 4 is 46.3 Å². The Morgan fingerprint density at radius 2 is 1.81 bits per heavy atom. The van der Waals surface area contributed by atoms with Gasteiger partial charge < -0.3 is 15.3 Å². The second-order valence-electron chi connectivity index (χ2n) is 9.01. The molecule has 3 aromatic rings. The summed E-state index contributed by atoms with van der Waals surface area (Å²) in [6.45, 7) is 6.00. The highest BCUT2D eigenvalue weighted by molar-refractivity contribution is 5.93. The molecule has 0 saturated carbocycles. The summed E-state index contributed by atoms with van der Waals surface area (Å²) >= 11 is 0. The van der Waals surface area contributed by atoms with Gasteiger partial charge in [0.05, 0.1) is 0 Å². The lowest BCUT2D eigenvalue weighted by molar-refractivity contribution is -0.669. The summed E-state index contributed by atoms with van der Waals surface area (Å²) < 4.78 is 2.26. The largest absolute Gasteiger partial charge is 0.481 e. The van der Waals surface area contributed by atoms with Crippen molar-refractivity contribution in [3.63, 3.8) is 0 Å². The number of carbonyl (C=O) groups is 2. The van der Waals surface area contributed by atoms with Crippen LogP contribution in [0.5, 0.6) is 0 Å². The van der Waals surface area contributed by atoms with Gasteiger partial charge in [-0.25, -0.2) is 0 Å². The minimum atomic E-state index is -0.829. The summed E-state index contributed by atoms with van der Waals surface area (Å²) in [6.07, 6.45) is 12.2. The number of nitrogens with zero attached hydrogens (tertiary/aromatic N) is 2. The molecule has 37 heavy (non-hydrogen) atoms. The smallest absolute Gasteiger partial charge is 0.303 e. The number of pyridine rings is 1. The topological polar surface area (TPSA) is 73.5 Å². The summed E-state index contributed by atoms with van der Waals surface area (Å²) in [5.74, 6) is -0.925. The van der Waals surface area contributed by atoms with Crippen LogP contribution in [0, 0.1) is 0 Å². The van der Waals surface area contributed by atoms with Crippen LogP contribution in [-0.4, -0.2) is 23.5 Å². The summed E-state index contributed by atoms with van der Waals surface area (Å²) in [7, 11) is 0. The lowest BCUT2D eigenvalue weighted by Crippen LogP contribution is -2.36. The second kappa shape index (κ2) is 12.2. The number of carboxylic acids is 1. The Morgan fingerprint density at radius 3 is 2.59 bits per heavy atom. The molecule has 190 valence electrons. The maximum Gasteiger partial charge on any atom is 0.303 e. The first-order valence-corrected chi connectivity index (χ1v) is 12.9. The highest BCUT2D eigenvalue weighted by Crippen LogP contribution is 2.30. The molecule has 1 amide bonds. The minimum absolute atomic E-state index is 0.0929. The molecule has 6 heteroatoms. The van der Waals surface area contributed by atoms with Gasteiger partial charge in [-0.1, -0.05) is 30.4 Å². The van der Waals surface area contributed by atoms with E-state index in [-0.39, 0.29) is 12.3 Å². The van der Waals surface area contributed by atoms with Crippen LogP contribution < -0.4 is 14.8 Å². The average molecular weight is 497 g/mol. The Morgan fingerprint density at radius 1 is 1.00 bits per heavy atom. The van der Waals surface area contributed by atoms with Crippen LogP contribution in [0.4, 0.5) is 11.4 Å². The van der Waals surface area contributed by atoms with E-state index >= 15 is 0 Å². The fourth-order valence-electron chi connectivity index (χ4n) is 4.72. The molecule has 0 bridgehead atoms. The third-order valence-electron chi connectivity index (χ3n) is 6.53. The molecular formula is C31H34N3O3+. The minimum Gasteiger partial charge on any atom is -0.481 e. The highest BCUT2D eigenvalue weighted by Gasteiger charge is 2.16. The quantitative estimate of drug-likeness (QED) is 0.260. The first-order valence-electron chi connectivity index (χ1n) is 12.9. The van der Waals surface area contributed by atoms with E-state index in [2.05, 4.69) is 95.4 Å². The standard InChI is InChI=1S/C31H33N3O3/c1-3-33-26(19-16-23-10-5-6-13-28(23)33)11-9-12-27-20-17-24-22-25(18-21-29(24)34(27)4-2)32-30(35)14-7-8-15-31(36)37/h5-6,9-13,16-22H,3-4,7-8,14-15H2,1-2H3,(H-,32,35,36,37)/p+1. The number of carbonyl (C=O) groups excluding carboxylic acids is 1. The number of benzene rings is 2. The van der Waals surface area contributed by atoms with Crippen molar-refractivity contribution in [3.05, 3.63) is 89.8 Å². The summed E-state index contributed by atoms with van der Waals surface area (Å²) in [5.41, 5.74) is 6.56. The number of nitrogens with one attached hydrogen (secondary N) is 1. The van der Waals surface area contributed by atoms with Gasteiger partial charge in [-0.2, -0.15) is 4.57 Å². The van der Waals surface area contributed by atoms with Crippen LogP contribution in [0.25, 0.3) is 23.1 Å². The number of aryl methyl sites for hydroxylation is 1. The molecular weight excluding hydrogens is 462 g/mol. The third-order valence-corrected chi connectivity index (χ3v) is 6.53. The van der Waals surface area contributed by atoms with Gasteiger partial charge in [-0.05, 0) is 68.7 Å². The predicted octanol–water partition coefficient (Wildman–Crippen LogP) is 6.18. The summed E-state index contributed by atoms with van der Waals surface area (Å²) in [4.78, 5) is 25.2. The lowest BCUT2D eigenvalue weighted by Gasteiger charge is -2.29. The molecule has 2 aromatic carbocycles. The van der Waals surface area contributed by atoms with Crippen LogP contribution in [0.3, 0.4) is 0 Å². The van der Waals surface area contributed by atoms with E-state index in [9.17, 15) is 9.59 Å². The highest BCUT2D eigenvalue weighted by atomic mass is 16.4. The van der Waals surface area contributed by atoms with E-state index in [0.717, 1.165) is 41.1 Å². The van der Waals surface area contributed by atoms with Gasteiger partial charge in [0.1, 0.15) is 6.54 Å². The number of para-hydroxylation sites is 1. The number of hydrogen-bond donors (Lipinski definition) is 2. The van der Waals surface area contributed by atoms with Gasteiger partial charge in [-0.15, -0.1) is 0 Å². The molecule has 0 fully saturated rings. The van der Waals surface area contributed by atoms with E-state index in [4.69, 9.17) is 5.11 Å². The monoisotopic (exact) mass is 496 g/mol. The van der Waals surface area contributed by atoms with Crippen LogP contribution >= 0.6 is 0 Å². The van der Waals surface area contributed by atoms with Crippen LogP contribution in [0.1, 0.15) is 50.8 Å². The molecule has 0 radical (unpaired) electrons. The Hall–Kier alpha value is -4.19. The maximum absolute atomic E-state index is 12.2. The molecule has 0 saturated heterocycles. The van der Waals surface area contributed by atoms with Crippen LogP contribution in [-0.2, 0) is 16.1 Å². The molecule has 2 N–H and O–H groups in total. The number of hydrogen-bond acceptors (Lipinski definition) is 3. The first kappa shape index (κ1) is 25.9. The van der Waals surface area contributed by atoms with Crippen molar-refractivity contribution in [1.82, 2.24) is 0 Å². The van der Waals surface area contributed by atoms with Crippen LogP contribution in [0.2, 0.25) is 0 Å². The Bertz CT molecular complexity index is 1390. The zero-order valence-corrected chi connectivity index (χ0v) is 21.5. The number of rotatable bonds is 10. The molecule has 2 heterocycles. The van der Waals surface area contributed by atoms with Crippen LogP contribution in [0.15, 0.2) is 78.5 Å². The number of fused-ring (bicyclic) bond motifs is 2. The summed E-state index contributed by atoms with van der Waals surface area (Å²) in [5, 5.41) is 12.7. The average Bonchev–Trinajstić information content (AvgIpc) is 2.90. The van der Waals surface area contributed by atoms with Crippen molar-refractivity contribution in [3.8, 4) is 0 Å². The van der Waals surface area contributed by atoms with E-state index in [1.807, 2.05) is 18.2 Å². The Labute approximate surface area is 218 Å². The fourth-order valence-corrected chi connectivity index (χ4v) is 4.72. The fraction of sp³-hybridized carbons (Fsp3) is 0.258. The number of aromatic nitrogens is 1. The molecule has 1 aliphatic heterocycles. The lowest BCUT2D eigenvalue weighted by atomic mass is 10.1. The van der Waals surface area contributed by atoms with Gasteiger partial charge in [-0.3, -0.25) is 9.59 Å². The van der Waals surface area contributed by atoms with E-state index in [1.54, 1.807) is 0 Å². The van der Waals surface area contributed by atoms with Crippen molar-refractivity contribution < 1.29 is 19.3 Å². The molecule has 6 nitrogen and oxygen atoms in total. The van der Waals surface area contributed by atoms with Crippen molar-refractivity contribution in [1.29, 1.82) is 0 Å². The number of likely N-dealkylation sites (N-methyl/N-ethyl adjacent to an activating group) is 1. The number of allylic oxidation sites excluding steroid dienone is 3. The van der Waals surface area contributed by atoms with Crippen molar-refractivity contribution in [2.24, 2.45) is 0 Å².